The van der Waals surface area contributed by atoms with E-state index in [1.165, 1.54) is 0 Å². The Morgan fingerprint density at radius 1 is 1.69 bits per heavy atom. The average Bonchev–Trinajstić information content (AvgIpc) is 1.95. The van der Waals surface area contributed by atoms with E-state index in [0.717, 1.165) is 6.26 Å². The van der Waals surface area contributed by atoms with E-state index in [0.29, 0.717) is 6.42 Å². The van der Waals surface area contributed by atoms with E-state index in [1.807, 2.05) is 0 Å². The molecular weight excluding hydrogens is 194 g/mol. The third-order valence-electron chi connectivity index (χ3n) is 1.45. The van der Waals surface area contributed by atoms with E-state index in [4.69, 9.17) is 5.11 Å². The fourth-order valence-electron chi connectivity index (χ4n) is 0.795. The molecule has 78 valence electrons. The summed E-state index contributed by atoms with van der Waals surface area (Å²) in [6.45, 7) is 3.36. The number of nitrogens with one attached hydrogen (secondary N) is 1. The maximum atomic E-state index is 10.5. The van der Waals surface area contributed by atoms with Gasteiger partial charge >= 0.3 is 0 Å². The zero-order valence-corrected chi connectivity index (χ0v) is 8.60. The van der Waals surface area contributed by atoms with Crippen LogP contribution in [0.4, 0.5) is 0 Å². The highest BCUT2D eigenvalue weighted by Crippen LogP contribution is 2.01. The lowest BCUT2D eigenvalue weighted by Gasteiger charge is -2.13. The number of likely N-dealkylation sites (N-methyl/N-ethyl adjacent to an activating group) is 1. The molecule has 0 aromatic carbocycles. The lowest BCUT2D eigenvalue weighted by atomic mass is 10.2. The standard InChI is InChI=1S/C7H15NO4S/c1-6(9)7(8-2)4-5-12-13(3,10)11/h7-9H,1,4-5H2,2-3H3/t7-/m0/s1. The molecule has 0 fully saturated rings. The first kappa shape index (κ1) is 12.4. The van der Waals surface area contributed by atoms with Gasteiger partial charge in [-0.1, -0.05) is 6.58 Å². The van der Waals surface area contributed by atoms with E-state index in [-0.39, 0.29) is 18.4 Å². The van der Waals surface area contributed by atoms with Crippen LogP contribution in [0.2, 0.25) is 0 Å². The van der Waals surface area contributed by atoms with Crippen LogP contribution in [0.25, 0.3) is 0 Å². The SMILES string of the molecule is C=C(O)[C@H](CCOS(C)(=O)=O)NC. The first-order valence-corrected chi connectivity index (χ1v) is 5.58. The lowest BCUT2D eigenvalue weighted by molar-refractivity contribution is 0.274. The Balaban J connectivity index is 3.81. The van der Waals surface area contributed by atoms with Gasteiger partial charge in [-0.25, -0.2) is 0 Å². The first-order chi connectivity index (χ1) is 5.87. The minimum Gasteiger partial charge on any atom is -0.511 e. The number of hydrogen-bond donors (Lipinski definition) is 2. The van der Waals surface area contributed by atoms with Gasteiger partial charge in [0.05, 0.1) is 18.9 Å². The molecule has 0 rings (SSSR count). The molecule has 6 heteroatoms. The van der Waals surface area contributed by atoms with E-state index in [9.17, 15) is 8.42 Å². The molecule has 0 amide bonds. The van der Waals surface area contributed by atoms with Crippen LogP contribution in [-0.2, 0) is 14.3 Å². The molecule has 0 heterocycles. The van der Waals surface area contributed by atoms with Crippen LogP contribution in [0.5, 0.6) is 0 Å². The fourth-order valence-corrected chi connectivity index (χ4v) is 1.19. The van der Waals surface area contributed by atoms with Gasteiger partial charge in [-0.3, -0.25) is 4.18 Å². The Morgan fingerprint density at radius 3 is 2.54 bits per heavy atom. The normalized spacial score (nSPS) is 14.0. The molecular formula is C7H15NO4S. The van der Waals surface area contributed by atoms with Gasteiger partial charge in [-0.05, 0) is 13.5 Å². The second-order valence-electron chi connectivity index (χ2n) is 2.65. The third-order valence-corrected chi connectivity index (χ3v) is 2.05. The Bertz CT molecular complexity index is 260. The molecule has 0 aromatic rings. The second kappa shape index (κ2) is 5.21. The van der Waals surface area contributed by atoms with Crippen molar-refractivity contribution in [2.24, 2.45) is 0 Å². The van der Waals surface area contributed by atoms with Crippen LogP contribution in [0.15, 0.2) is 12.3 Å². The van der Waals surface area contributed by atoms with E-state index in [1.54, 1.807) is 7.05 Å². The van der Waals surface area contributed by atoms with Crippen LogP contribution in [0, 0.1) is 0 Å². The zero-order valence-electron chi connectivity index (χ0n) is 7.78. The molecule has 0 aliphatic rings. The van der Waals surface area contributed by atoms with Crippen LogP contribution >= 0.6 is 0 Å². The Hall–Kier alpha value is -0.590. The van der Waals surface area contributed by atoms with Crippen LogP contribution in [0.3, 0.4) is 0 Å². The molecule has 0 saturated heterocycles. The number of hydrogen-bond acceptors (Lipinski definition) is 5. The van der Waals surface area contributed by atoms with E-state index in [2.05, 4.69) is 16.1 Å². The zero-order chi connectivity index (χ0) is 10.5. The van der Waals surface area contributed by atoms with Gasteiger partial charge in [-0.15, -0.1) is 0 Å². The summed E-state index contributed by atoms with van der Waals surface area (Å²) in [6.07, 6.45) is 1.34. The van der Waals surface area contributed by atoms with Crippen molar-refractivity contribution in [2.75, 3.05) is 19.9 Å². The third kappa shape index (κ3) is 6.56. The smallest absolute Gasteiger partial charge is 0.264 e. The van der Waals surface area contributed by atoms with Gasteiger partial charge in [0.15, 0.2) is 0 Å². The molecule has 2 N–H and O–H groups in total. The molecule has 0 bridgehead atoms. The summed E-state index contributed by atoms with van der Waals surface area (Å²) >= 11 is 0. The van der Waals surface area contributed by atoms with Gasteiger partial charge in [0.25, 0.3) is 10.1 Å². The molecule has 13 heavy (non-hydrogen) atoms. The van der Waals surface area contributed by atoms with Crippen molar-refractivity contribution in [3.63, 3.8) is 0 Å². The minimum atomic E-state index is -3.39. The molecule has 5 nitrogen and oxygen atoms in total. The molecule has 0 aromatic heterocycles. The van der Waals surface area contributed by atoms with Crippen LogP contribution in [-0.4, -0.2) is 39.5 Å². The molecule has 0 unspecified atom stereocenters. The Morgan fingerprint density at radius 2 is 2.23 bits per heavy atom. The highest BCUT2D eigenvalue weighted by Gasteiger charge is 2.10. The van der Waals surface area contributed by atoms with Crippen molar-refractivity contribution in [3.05, 3.63) is 12.3 Å². The van der Waals surface area contributed by atoms with Gasteiger partial charge < -0.3 is 10.4 Å². The fraction of sp³-hybridized carbons (Fsp3) is 0.714. The van der Waals surface area contributed by atoms with Crippen molar-refractivity contribution in [1.29, 1.82) is 0 Å². The predicted octanol–water partition coefficient (Wildman–Crippen LogP) is 0.0124. The maximum absolute atomic E-state index is 10.5. The molecule has 1 atom stereocenters. The van der Waals surface area contributed by atoms with Crippen molar-refractivity contribution < 1.29 is 17.7 Å². The summed E-state index contributed by atoms with van der Waals surface area (Å²) in [5, 5.41) is 11.7. The minimum absolute atomic E-state index is 0.0281. The van der Waals surface area contributed by atoms with Crippen LogP contribution < -0.4 is 5.32 Å². The molecule has 0 radical (unpaired) electrons. The summed E-state index contributed by atoms with van der Waals surface area (Å²) in [5.41, 5.74) is 0. The monoisotopic (exact) mass is 209 g/mol. The summed E-state index contributed by atoms with van der Waals surface area (Å²) < 4.78 is 25.6. The summed E-state index contributed by atoms with van der Waals surface area (Å²) in [7, 11) is -1.75. The average molecular weight is 209 g/mol. The van der Waals surface area contributed by atoms with Crippen molar-refractivity contribution in [1.82, 2.24) is 5.32 Å². The van der Waals surface area contributed by atoms with Gasteiger partial charge in [-0.2, -0.15) is 8.42 Å². The molecule has 0 aliphatic heterocycles. The van der Waals surface area contributed by atoms with Gasteiger partial charge in [0, 0.05) is 0 Å². The molecule has 0 aliphatic carbocycles. The second-order valence-corrected chi connectivity index (χ2v) is 4.29. The van der Waals surface area contributed by atoms with Gasteiger partial charge in [0.1, 0.15) is 5.76 Å². The summed E-state index contributed by atoms with van der Waals surface area (Å²) in [6, 6.07) is -0.332. The largest absolute Gasteiger partial charge is 0.511 e. The lowest BCUT2D eigenvalue weighted by Crippen LogP contribution is -2.28. The number of aliphatic hydroxyl groups is 1. The predicted molar refractivity (Wildman–Crippen MR) is 50.0 cm³/mol. The highest BCUT2D eigenvalue weighted by molar-refractivity contribution is 7.85. The van der Waals surface area contributed by atoms with Crippen LogP contribution in [0.1, 0.15) is 6.42 Å². The summed E-state index contributed by atoms with van der Waals surface area (Å²) in [4.78, 5) is 0. The summed E-state index contributed by atoms with van der Waals surface area (Å²) in [5.74, 6) is -0.0281. The number of aliphatic hydroxyl groups excluding tert-OH is 1. The highest BCUT2D eigenvalue weighted by atomic mass is 32.2. The topological polar surface area (TPSA) is 75.6 Å². The molecule has 0 spiro atoms. The van der Waals surface area contributed by atoms with Crippen molar-refractivity contribution in [2.45, 2.75) is 12.5 Å². The van der Waals surface area contributed by atoms with Gasteiger partial charge in [0.2, 0.25) is 0 Å². The van der Waals surface area contributed by atoms with E-state index < -0.39 is 10.1 Å². The number of rotatable bonds is 6. The van der Waals surface area contributed by atoms with E-state index >= 15 is 0 Å². The first-order valence-electron chi connectivity index (χ1n) is 3.76. The Kier molecular flexibility index (Phi) is 4.97. The Labute approximate surface area is 78.5 Å². The maximum Gasteiger partial charge on any atom is 0.264 e. The molecule has 0 saturated carbocycles. The van der Waals surface area contributed by atoms with Crippen molar-refractivity contribution >= 4 is 10.1 Å². The van der Waals surface area contributed by atoms with Crippen molar-refractivity contribution in [3.8, 4) is 0 Å². The quantitative estimate of drug-likeness (QED) is 0.476.